The van der Waals surface area contributed by atoms with Gasteiger partial charge in [-0.05, 0) is 12.0 Å². The zero-order chi connectivity index (χ0) is 11.3. The van der Waals surface area contributed by atoms with Crippen LogP contribution in [0.25, 0.3) is 0 Å². The maximum atomic E-state index is 11.5. The first-order valence-corrected chi connectivity index (χ1v) is 4.91. The Bertz CT molecular complexity index is 312. The molecule has 1 amide bonds. The molecular formula is C10H16N4O. The van der Waals surface area contributed by atoms with Gasteiger partial charge in [-0.1, -0.05) is 13.8 Å². The third kappa shape index (κ3) is 3.63. The molecule has 0 saturated carbocycles. The van der Waals surface area contributed by atoms with E-state index in [2.05, 4.69) is 15.5 Å². The molecule has 0 spiro atoms. The summed E-state index contributed by atoms with van der Waals surface area (Å²) >= 11 is 0. The normalized spacial score (nSPS) is 12.5. The number of aromatic nitrogens is 2. The van der Waals surface area contributed by atoms with E-state index in [0.29, 0.717) is 18.0 Å². The van der Waals surface area contributed by atoms with Crippen molar-refractivity contribution in [2.45, 2.75) is 19.9 Å². The first-order valence-electron chi connectivity index (χ1n) is 4.91. The van der Waals surface area contributed by atoms with Gasteiger partial charge in [0, 0.05) is 12.6 Å². The van der Waals surface area contributed by atoms with Crippen LogP contribution in [0.2, 0.25) is 0 Å². The molecule has 1 unspecified atom stereocenters. The van der Waals surface area contributed by atoms with Crippen molar-refractivity contribution in [2.75, 3.05) is 6.54 Å². The topological polar surface area (TPSA) is 80.9 Å². The summed E-state index contributed by atoms with van der Waals surface area (Å²) in [5.74, 6) is 0.182. The summed E-state index contributed by atoms with van der Waals surface area (Å²) in [5, 5.41) is 9.97. The molecule has 0 saturated heterocycles. The fourth-order valence-corrected chi connectivity index (χ4v) is 0.973. The summed E-state index contributed by atoms with van der Waals surface area (Å²) in [4.78, 5) is 11.5. The van der Waals surface area contributed by atoms with Gasteiger partial charge in [0.2, 0.25) is 0 Å². The van der Waals surface area contributed by atoms with E-state index in [1.807, 2.05) is 13.8 Å². The fraction of sp³-hybridized carbons (Fsp3) is 0.500. The number of hydrogen-bond donors (Lipinski definition) is 2. The number of hydrogen-bond acceptors (Lipinski definition) is 4. The highest BCUT2D eigenvalue weighted by molar-refractivity contribution is 5.93. The molecule has 15 heavy (non-hydrogen) atoms. The van der Waals surface area contributed by atoms with Crippen molar-refractivity contribution in [2.24, 2.45) is 11.7 Å². The predicted octanol–water partition coefficient (Wildman–Crippen LogP) is 0.190. The van der Waals surface area contributed by atoms with E-state index in [1.54, 1.807) is 6.07 Å². The average molecular weight is 208 g/mol. The van der Waals surface area contributed by atoms with E-state index >= 15 is 0 Å². The second-order valence-corrected chi connectivity index (χ2v) is 3.75. The highest BCUT2D eigenvalue weighted by Gasteiger charge is 2.10. The van der Waals surface area contributed by atoms with Crippen LogP contribution in [0.4, 0.5) is 0 Å². The Morgan fingerprint density at radius 3 is 2.80 bits per heavy atom. The molecule has 0 radical (unpaired) electrons. The molecule has 82 valence electrons. The van der Waals surface area contributed by atoms with Gasteiger partial charge in [0.1, 0.15) is 0 Å². The van der Waals surface area contributed by atoms with Crippen molar-refractivity contribution in [3.05, 3.63) is 24.0 Å². The molecule has 0 aromatic carbocycles. The zero-order valence-electron chi connectivity index (χ0n) is 8.97. The Morgan fingerprint density at radius 2 is 2.27 bits per heavy atom. The minimum atomic E-state index is -0.166. The van der Waals surface area contributed by atoms with Crippen molar-refractivity contribution in [3.63, 3.8) is 0 Å². The molecule has 0 aliphatic heterocycles. The monoisotopic (exact) mass is 208 g/mol. The Morgan fingerprint density at radius 1 is 1.53 bits per heavy atom. The molecule has 1 aromatic rings. The number of amides is 1. The quantitative estimate of drug-likeness (QED) is 0.740. The molecule has 3 N–H and O–H groups in total. The lowest BCUT2D eigenvalue weighted by Crippen LogP contribution is -2.40. The molecule has 0 fully saturated rings. The maximum Gasteiger partial charge on any atom is 0.253 e. The molecule has 5 nitrogen and oxygen atoms in total. The summed E-state index contributed by atoms with van der Waals surface area (Å²) in [6, 6.07) is 1.59. The second kappa shape index (κ2) is 5.41. The van der Waals surface area contributed by atoms with E-state index < -0.39 is 0 Å². The van der Waals surface area contributed by atoms with Gasteiger partial charge < -0.3 is 11.1 Å². The molecular weight excluding hydrogens is 192 g/mol. The van der Waals surface area contributed by atoms with Crippen LogP contribution in [-0.2, 0) is 0 Å². The molecule has 0 bridgehead atoms. The largest absolute Gasteiger partial charge is 0.350 e. The summed E-state index contributed by atoms with van der Waals surface area (Å²) in [6.45, 7) is 4.51. The van der Waals surface area contributed by atoms with Crippen LogP contribution in [0.5, 0.6) is 0 Å². The fourth-order valence-electron chi connectivity index (χ4n) is 0.973. The summed E-state index contributed by atoms with van der Waals surface area (Å²) in [7, 11) is 0. The van der Waals surface area contributed by atoms with Gasteiger partial charge in [-0.3, -0.25) is 4.79 Å². The Balaban J connectivity index is 2.44. The summed E-state index contributed by atoms with van der Waals surface area (Å²) < 4.78 is 0. The van der Waals surface area contributed by atoms with E-state index in [1.165, 1.54) is 12.4 Å². The van der Waals surface area contributed by atoms with E-state index in [0.717, 1.165) is 0 Å². The van der Waals surface area contributed by atoms with Crippen LogP contribution < -0.4 is 11.1 Å². The number of rotatable bonds is 4. The summed E-state index contributed by atoms with van der Waals surface area (Å²) in [5.41, 5.74) is 6.30. The number of nitrogens with zero attached hydrogens (tertiary/aromatic N) is 2. The number of nitrogens with one attached hydrogen (secondary N) is 1. The predicted molar refractivity (Wildman–Crippen MR) is 57.2 cm³/mol. The third-order valence-electron chi connectivity index (χ3n) is 2.20. The third-order valence-corrected chi connectivity index (χ3v) is 2.20. The van der Waals surface area contributed by atoms with Crippen LogP contribution in [0.15, 0.2) is 18.5 Å². The molecule has 0 aliphatic carbocycles. The molecule has 1 atom stereocenters. The Labute approximate surface area is 89.1 Å². The standard InChI is InChI=1S/C10H16N4O/c1-7(2)9(11)6-12-10(15)8-3-4-13-14-5-8/h3-5,7,9H,6,11H2,1-2H3,(H,12,15). The van der Waals surface area contributed by atoms with Crippen molar-refractivity contribution >= 4 is 5.91 Å². The minimum absolute atomic E-state index is 0.0243. The lowest BCUT2D eigenvalue weighted by molar-refractivity contribution is 0.0948. The highest BCUT2D eigenvalue weighted by atomic mass is 16.1. The first-order chi connectivity index (χ1) is 7.11. The Kier molecular flexibility index (Phi) is 4.17. The van der Waals surface area contributed by atoms with Crippen LogP contribution in [0.1, 0.15) is 24.2 Å². The zero-order valence-corrected chi connectivity index (χ0v) is 8.97. The van der Waals surface area contributed by atoms with E-state index in [-0.39, 0.29) is 11.9 Å². The van der Waals surface area contributed by atoms with Gasteiger partial charge in [0.05, 0.1) is 18.0 Å². The van der Waals surface area contributed by atoms with Gasteiger partial charge in [0.15, 0.2) is 0 Å². The average Bonchev–Trinajstić information content (AvgIpc) is 2.26. The molecule has 1 heterocycles. The molecule has 1 rings (SSSR count). The lowest BCUT2D eigenvalue weighted by atomic mass is 10.1. The van der Waals surface area contributed by atoms with Crippen molar-refractivity contribution in [1.82, 2.24) is 15.5 Å². The van der Waals surface area contributed by atoms with Gasteiger partial charge in [0.25, 0.3) is 5.91 Å². The second-order valence-electron chi connectivity index (χ2n) is 3.75. The maximum absolute atomic E-state index is 11.5. The van der Waals surface area contributed by atoms with Crippen molar-refractivity contribution in [3.8, 4) is 0 Å². The van der Waals surface area contributed by atoms with Crippen LogP contribution in [-0.4, -0.2) is 28.7 Å². The van der Waals surface area contributed by atoms with Gasteiger partial charge in [-0.25, -0.2) is 0 Å². The number of carbonyl (C=O) groups is 1. The van der Waals surface area contributed by atoms with Gasteiger partial charge in [-0.15, -0.1) is 0 Å². The first kappa shape index (κ1) is 11.6. The van der Waals surface area contributed by atoms with Gasteiger partial charge in [-0.2, -0.15) is 10.2 Å². The lowest BCUT2D eigenvalue weighted by Gasteiger charge is -2.15. The van der Waals surface area contributed by atoms with Crippen LogP contribution >= 0.6 is 0 Å². The molecule has 0 aliphatic rings. The SMILES string of the molecule is CC(C)C(N)CNC(=O)c1ccnnc1. The van der Waals surface area contributed by atoms with Crippen molar-refractivity contribution < 1.29 is 4.79 Å². The van der Waals surface area contributed by atoms with Crippen LogP contribution in [0, 0.1) is 5.92 Å². The number of carbonyl (C=O) groups excluding carboxylic acids is 1. The number of nitrogens with two attached hydrogens (primary N) is 1. The van der Waals surface area contributed by atoms with Crippen LogP contribution in [0.3, 0.4) is 0 Å². The molecule has 1 aromatic heterocycles. The van der Waals surface area contributed by atoms with E-state index in [9.17, 15) is 4.79 Å². The van der Waals surface area contributed by atoms with Crippen molar-refractivity contribution in [1.29, 1.82) is 0 Å². The highest BCUT2D eigenvalue weighted by Crippen LogP contribution is 1.98. The molecule has 5 heteroatoms. The smallest absolute Gasteiger partial charge is 0.253 e. The van der Waals surface area contributed by atoms with E-state index in [4.69, 9.17) is 5.73 Å². The minimum Gasteiger partial charge on any atom is -0.350 e. The summed E-state index contributed by atoms with van der Waals surface area (Å²) in [6.07, 6.45) is 2.91. The Hall–Kier alpha value is -1.49. The van der Waals surface area contributed by atoms with Gasteiger partial charge >= 0.3 is 0 Å².